The largest absolute Gasteiger partial charge is 0.415 e. The lowest BCUT2D eigenvalue weighted by Gasteiger charge is -2.10. The van der Waals surface area contributed by atoms with Crippen molar-refractivity contribution in [3.8, 4) is 0 Å². The smallest absolute Gasteiger partial charge is 0.289 e. The minimum Gasteiger partial charge on any atom is -0.289 e. The molecule has 0 spiro atoms. The van der Waals surface area contributed by atoms with Crippen LogP contribution in [-0.4, -0.2) is 5.78 Å². The minimum absolute atomic E-state index is 0.0106. The quantitative estimate of drug-likeness (QED) is 0.510. The van der Waals surface area contributed by atoms with Crippen LogP contribution < -0.4 is 10.6 Å². The summed E-state index contributed by atoms with van der Waals surface area (Å²) in [5.41, 5.74) is 4.51. The maximum absolute atomic E-state index is 12.9. The van der Waals surface area contributed by atoms with Crippen LogP contribution in [0.5, 0.6) is 0 Å². The summed E-state index contributed by atoms with van der Waals surface area (Å²) in [6, 6.07) is 20.6. The van der Waals surface area contributed by atoms with E-state index >= 15 is 0 Å². The lowest BCUT2D eigenvalue weighted by atomic mass is 9.93. The van der Waals surface area contributed by atoms with Gasteiger partial charge >= 0.3 is 7.80 Å². The van der Waals surface area contributed by atoms with Gasteiger partial charge in [0.25, 0.3) is 0 Å². The van der Waals surface area contributed by atoms with Crippen LogP contribution in [0, 0.1) is 20.8 Å². The number of benzene rings is 3. The summed E-state index contributed by atoms with van der Waals surface area (Å²) in [5, 5.41) is 1.52. The molecule has 0 bridgehead atoms. The SMILES string of the molecule is Cc1cc(C)c(C(=O)c2ccc([P+](=O)c3ccccc3)cc2)c(C)c1. The molecule has 0 saturated heterocycles. The van der Waals surface area contributed by atoms with Crippen molar-refractivity contribution in [3.05, 3.63) is 94.5 Å². The normalized spacial score (nSPS) is 11.2. The number of rotatable bonds is 4. The molecular weight excluding hydrogens is 327 g/mol. The van der Waals surface area contributed by atoms with Gasteiger partial charge in [-0.05, 0) is 68.3 Å². The summed E-state index contributed by atoms with van der Waals surface area (Å²) in [5.74, 6) is 0.0106. The Morgan fingerprint density at radius 3 is 1.84 bits per heavy atom. The fourth-order valence-electron chi connectivity index (χ4n) is 3.14. The van der Waals surface area contributed by atoms with Crippen LogP contribution >= 0.6 is 7.80 Å². The molecule has 0 aliphatic carbocycles. The molecule has 0 aromatic heterocycles. The molecule has 1 atom stereocenters. The van der Waals surface area contributed by atoms with Crippen molar-refractivity contribution in [1.29, 1.82) is 0 Å². The zero-order chi connectivity index (χ0) is 18.0. The van der Waals surface area contributed by atoms with Crippen molar-refractivity contribution in [1.82, 2.24) is 0 Å². The Morgan fingerprint density at radius 2 is 1.28 bits per heavy atom. The topological polar surface area (TPSA) is 34.1 Å². The zero-order valence-electron chi connectivity index (χ0n) is 14.6. The van der Waals surface area contributed by atoms with Crippen molar-refractivity contribution in [2.24, 2.45) is 0 Å². The third-order valence-electron chi connectivity index (χ3n) is 4.26. The first-order valence-corrected chi connectivity index (χ1v) is 9.48. The maximum atomic E-state index is 12.9. The summed E-state index contributed by atoms with van der Waals surface area (Å²) in [6.45, 7) is 5.96. The Balaban J connectivity index is 1.91. The highest BCUT2D eigenvalue weighted by Crippen LogP contribution is 2.22. The van der Waals surface area contributed by atoms with Crippen LogP contribution in [0.3, 0.4) is 0 Å². The highest BCUT2D eigenvalue weighted by Gasteiger charge is 2.23. The maximum Gasteiger partial charge on any atom is 0.415 e. The van der Waals surface area contributed by atoms with E-state index in [9.17, 15) is 9.36 Å². The molecule has 0 aliphatic heterocycles. The van der Waals surface area contributed by atoms with E-state index in [1.807, 2.05) is 63.2 Å². The van der Waals surface area contributed by atoms with E-state index in [0.717, 1.165) is 32.9 Å². The van der Waals surface area contributed by atoms with Gasteiger partial charge in [0.05, 0.1) is 0 Å². The van der Waals surface area contributed by atoms with Gasteiger partial charge in [0.2, 0.25) is 0 Å². The van der Waals surface area contributed by atoms with Crippen molar-refractivity contribution in [2.75, 3.05) is 0 Å². The fraction of sp³-hybridized carbons (Fsp3) is 0.136. The molecule has 3 aromatic rings. The zero-order valence-corrected chi connectivity index (χ0v) is 15.5. The summed E-state index contributed by atoms with van der Waals surface area (Å²) in [6.07, 6.45) is 0. The number of carbonyl (C=O) groups is 1. The second kappa shape index (κ2) is 7.13. The van der Waals surface area contributed by atoms with Crippen LogP contribution in [0.1, 0.15) is 32.6 Å². The summed E-state index contributed by atoms with van der Waals surface area (Å²) in [4.78, 5) is 12.9. The lowest BCUT2D eigenvalue weighted by Crippen LogP contribution is -2.10. The molecule has 0 aliphatic rings. The standard InChI is InChI=1S/C22H20O2P/c1-15-13-16(2)21(17(3)14-15)22(23)18-9-11-20(12-10-18)25(24)19-7-5-4-6-8-19/h4-14H,1-3H3/q+1. The van der Waals surface area contributed by atoms with E-state index < -0.39 is 7.80 Å². The molecule has 0 radical (unpaired) electrons. The van der Waals surface area contributed by atoms with Gasteiger partial charge in [-0.3, -0.25) is 4.79 Å². The first kappa shape index (κ1) is 17.3. The van der Waals surface area contributed by atoms with Gasteiger partial charge in [0.1, 0.15) is 0 Å². The van der Waals surface area contributed by atoms with E-state index in [4.69, 9.17) is 0 Å². The van der Waals surface area contributed by atoms with E-state index in [2.05, 4.69) is 0 Å². The lowest BCUT2D eigenvalue weighted by molar-refractivity contribution is 0.103. The number of aryl methyl sites for hydroxylation is 3. The molecule has 2 nitrogen and oxygen atoms in total. The third-order valence-corrected chi connectivity index (χ3v) is 5.79. The molecule has 0 amide bonds. The molecule has 1 unspecified atom stereocenters. The molecule has 0 saturated carbocycles. The molecule has 25 heavy (non-hydrogen) atoms. The molecule has 0 fully saturated rings. The molecule has 3 rings (SSSR count). The van der Waals surface area contributed by atoms with E-state index in [1.54, 1.807) is 24.3 Å². The van der Waals surface area contributed by atoms with E-state index in [1.165, 1.54) is 0 Å². The van der Waals surface area contributed by atoms with Crippen molar-refractivity contribution in [2.45, 2.75) is 20.8 Å². The summed E-state index contributed by atoms with van der Waals surface area (Å²) in [7, 11) is -1.63. The molecule has 0 heterocycles. The highest BCUT2D eigenvalue weighted by atomic mass is 31.1. The number of hydrogen-bond donors (Lipinski definition) is 0. The second-order valence-electron chi connectivity index (χ2n) is 6.28. The van der Waals surface area contributed by atoms with Crippen LogP contribution in [0.4, 0.5) is 0 Å². The first-order valence-electron chi connectivity index (χ1n) is 8.22. The Kier molecular flexibility index (Phi) is 4.92. The average molecular weight is 347 g/mol. The minimum atomic E-state index is -1.63. The summed E-state index contributed by atoms with van der Waals surface area (Å²) >= 11 is 0. The average Bonchev–Trinajstić information content (AvgIpc) is 2.61. The van der Waals surface area contributed by atoms with Crippen molar-refractivity contribution < 1.29 is 9.36 Å². The second-order valence-corrected chi connectivity index (χ2v) is 7.90. The van der Waals surface area contributed by atoms with Gasteiger partial charge in [-0.25, -0.2) is 0 Å². The molecular formula is C22H20O2P+. The van der Waals surface area contributed by atoms with Gasteiger partial charge in [-0.1, -0.05) is 40.5 Å². The van der Waals surface area contributed by atoms with Gasteiger partial charge in [0, 0.05) is 11.1 Å². The van der Waals surface area contributed by atoms with Crippen LogP contribution in [0.25, 0.3) is 0 Å². The van der Waals surface area contributed by atoms with Crippen LogP contribution in [-0.2, 0) is 4.57 Å². The van der Waals surface area contributed by atoms with Crippen LogP contribution in [0.2, 0.25) is 0 Å². The number of ketones is 1. The molecule has 3 aromatic carbocycles. The predicted molar refractivity (Wildman–Crippen MR) is 104 cm³/mol. The Hall–Kier alpha value is -2.57. The third kappa shape index (κ3) is 3.60. The van der Waals surface area contributed by atoms with Gasteiger partial charge in [0.15, 0.2) is 16.4 Å². The number of carbonyl (C=O) groups excluding carboxylic acids is 1. The van der Waals surface area contributed by atoms with Gasteiger partial charge in [-0.15, -0.1) is 0 Å². The molecule has 0 N–H and O–H groups in total. The Bertz CT molecular complexity index is 919. The molecule has 3 heteroatoms. The fourth-order valence-corrected chi connectivity index (χ4v) is 4.30. The monoisotopic (exact) mass is 347 g/mol. The number of hydrogen-bond acceptors (Lipinski definition) is 2. The first-order chi connectivity index (χ1) is 12.0. The van der Waals surface area contributed by atoms with E-state index in [-0.39, 0.29) is 5.78 Å². The van der Waals surface area contributed by atoms with Gasteiger partial charge < -0.3 is 0 Å². The highest BCUT2D eigenvalue weighted by molar-refractivity contribution is 7.61. The molecule has 124 valence electrons. The summed E-state index contributed by atoms with van der Waals surface area (Å²) < 4.78 is 12.6. The van der Waals surface area contributed by atoms with Crippen molar-refractivity contribution >= 4 is 24.2 Å². The van der Waals surface area contributed by atoms with E-state index in [0.29, 0.717) is 5.56 Å². The predicted octanol–water partition coefficient (Wildman–Crippen LogP) is 4.62. The van der Waals surface area contributed by atoms with Crippen LogP contribution in [0.15, 0.2) is 66.7 Å². The Labute approximate surface area is 149 Å². The van der Waals surface area contributed by atoms with Crippen molar-refractivity contribution in [3.63, 3.8) is 0 Å². The Morgan fingerprint density at radius 1 is 0.760 bits per heavy atom. The van der Waals surface area contributed by atoms with Gasteiger partial charge in [-0.2, -0.15) is 0 Å².